The number of hydrogen-bond acceptors (Lipinski definition) is 4. The lowest BCUT2D eigenvalue weighted by Gasteiger charge is -2.31. The molecule has 0 spiro atoms. The predicted molar refractivity (Wildman–Crippen MR) is 104 cm³/mol. The van der Waals surface area contributed by atoms with Gasteiger partial charge in [-0.05, 0) is 57.4 Å². The fourth-order valence-corrected chi connectivity index (χ4v) is 5.45. The second kappa shape index (κ2) is 7.50. The maximum atomic E-state index is 12.7. The zero-order valence-electron chi connectivity index (χ0n) is 15.3. The summed E-state index contributed by atoms with van der Waals surface area (Å²) in [7, 11) is -3.46. The zero-order chi connectivity index (χ0) is 18.9. The van der Waals surface area contributed by atoms with Crippen LogP contribution in [0.5, 0.6) is 0 Å². The van der Waals surface area contributed by atoms with Crippen LogP contribution in [0.2, 0.25) is 0 Å². The van der Waals surface area contributed by atoms with Crippen molar-refractivity contribution in [2.24, 2.45) is 0 Å². The van der Waals surface area contributed by atoms with Crippen molar-refractivity contribution in [3.63, 3.8) is 0 Å². The maximum Gasteiger partial charge on any atom is 0.261 e. The predicted octanol–water partition coefficient (Wildman–Crippen LogP) is 3.26. The maximum absolute atomic E-state index is 12.7. The molecule has 3 rings (SSSR count). The van der Waals surface area contributed by atoms with E-state index in [2.05, 4.69) is 5.32 Å². The molecule has 1 fully saturated rings. The molecule has 1 saturated heterocycles. The smallest absolute Gasteiger partial charge is 0.261 e. The van der Waals surface area contributed by atoms with Gasteiger partial charge in [0.25, 0.3) is 5.91 Å². The molecule has 1 aromatic carbocycles. The van der Waals surface area contributed by atoms with Gasteiger partial charge in [0.15, 0.2) is 0 Å². The molecule has 1 N–H and O–H groups in total. The van der Waals surface area contributed by atoms with Gasteiger partial charge in [0.05, 0.1) is 9.77 Å². The first kappa shape index (κ1) is 19.1. The minimum atomic E-state index is -3.46. The van der Waals surface area contributed by atoms with Gasteiger partial charge in [-0.2, -0.15) is 4.31 Å². The summed E-state index contributed by atoms with van der Waals surface area (Å²) in [5.74, 6) is -0.0639. The minimum absolute atomic E-state index is 0.00896. The Morgan fingerprint density at radius 1 is 1.12 bits per heavy atom. The molecule has 0 atom stereocenters. The topological polar surface area (TPSA) is 66.5 Å². The number of sulfonamides is 1. The Balaban J connectivity index is 1.60. The molecule has 1 aliphatic heterocycles. The van der Waals surface area contributed by atoms with Gasteiger partial charge in [-0.3, -0.25) is 4.79 Å². The van der Waals surface area contributed by atoms with E-state index in [9.17, 15) is 13.2 Å². The fraction of sp³-hybridized carbons (Fsp3) is 0.421. The van der Waals surface area contributed by atoms with Crippen molar-refractivity contribution in [3.8, 4) is 0 Å². The number of carbonyl (C=O) groups excluding carboxylic acids is 1. The van der Waals surface area contributed by atoms with Crippen LogP contribution in [0, 0.1) is 20.8 Å². The number of nitrogens with one attached hydrogen (secondary N) is 1. The summed E-state index contributed by atoms with van der Waals surface area (Å²) in [6.07, 6.45) is 1.25. The van der Waals surface area contributed by atoms with Gasteiger partial charge in [-0.15, -0.1) is 11.3 Å². The summed E-state index contributed by atoms with van der Waals surface area (Å²) < 4.78 is 27.0. The highest BCUT2D eigenvalue weighted by atomic mass is 32.2. The average molecular weight is 393 g/mol. The standard InChI is InChI=1S/C19H24N2O3S2/c1-13-4-6-17(7-5-13)26(23,24)21-10-8-16(9-11-21)20-19(22)18-12-14(2)15(3)25-18/h4-7,12,16H,8-11H2,1-3H3,(H,20,22). The molecular weight excluding hydrogens is 368 g/mol. The summed E-state index contributed by atoms with van der Waals surface area (Å²) in [6, 6.07) is 8.84. The fourth-order valence-electron chi connectivity index (χ4n) is 3.04. The lowest BCUT2D eigenvalue weighted by atomic mass is 10.1. The second-order valence-corrected chi connectivity index (χ2v) is 10.0. The summed E-state index contributed by atoms with van der Waals surface area (Å²) >= 11 is 1.50. The largest absolute Gasteiger partial charge is 0.349 e. The number of carbonyl (C=O) groups is 1. The summed E-state index contributed by atoms with van der Waals surface area (Å²) in [5, 5.41) is 3.04. The van der Waals surface area contributed by atoms with Crippen LogP contribution in [0.25, 0.3) is 0 Å². The van der Waals surface area contributed by atoms with Crippen LogP contribution in [0.3, 0.4) is 0 Å². The molecule has 0 aliphatic carbocycles. The minimum Gasteiger partial charge on any atom is -0.349 e. The lowest BCUT2D eigenvalue weighted by molar-refractivity contribution is 0.0928. The van der Waals surface area contributed by atoms with Crippen LogP contribution >= 0.6 is 11.3 Å². The Morgan fingerprint density at radius 3 is 2.27 bits per heavy atom. The number of aryl methyl sites for hydroxylation is 3. The molecule has 1 aromatic heterocycles. The van der Waals surface area contributed by atoms with Crippen LogP contribution < -0.4 is 5.32 Å². The Bertz CT molecular complexity index is 874. The van der Waals surface area contributed by atoms with Crippen LogP contribution in [0.15, 0.2) is 35.2 Å². The van der Waals surface area contributed by atoms with E-state index < -0.39 is 10.0 Å². The molecule has 5 nitrogen and oxygen atoms in total. The first-order valence-corrected chi connectivity index (χ1v) is 11.0. The molecule has 0 bridgehead atoms. The van der Waals surface area contributed by atoms with E-state index >= 15 is 0 Å². The lowest BCUT2D eigenvalue weighted by Crippen LogP contribution is -2.46. The molecule has 140 valence electrons. The number of amides is 1. The van der Waals surface area contributed by atoms with Crippen molar-refractivity contribution < 1.29 is 13.2 Å². The summed E-state index contributed by atoms with van der Waals surface area (Å²) in [5.41, 5.74) is 2.16. The van der Waals surface area contributed by atoms with E-state index in [-0.39, 0.29) is 11.9 Å². The van der Waals surface area contributed by atoms with E-state index in [1.165, 1.54) is 15.6 Å². The van der Waals surface area contributed by atoms with E-state index in [4.69, 9.17) is 0 Å². The van der Waals surface area contributed by atoms with Gasteiger partial charge in [0.1, 0.15) is 0 Å². The van der Waals surface area contributed by atoms with Crippen molar-refractivity contribution in [3.05, 3.63) is 51.2 Å². The van der Waals surface area contributed by atoms with Gasteiger partial charge in [-0.1, -0.05) is 17.7 Å². The Hall–Kier alpha value is -1.70. The molecule has 0 unspecified atom stereocenters. The molecule has 26 heavy (non-hydrogen) atoms. The Morgan fingerprint density at radius 2 is 1.73 bits per heavy atom. The van der Waals surface area contributed by atoms with Crippen molar-refractivity contribution in [2.75, 3.05) is 13.1 Å². The number of piperidine rings is 1. The highest BCUT2D eigenvalue weighted by Crippen LogP contribution is 2.23. The SMILES string of the molecule is Cc1ccc(S(=O)(=O)N2CCC(NC(=O)c3cc(C)c(C)s3)CC2)cc1. The monoisotopic (exact) mass is 392 g/mol. The van der Waals surface area contributed by atoms with Gasteiger partial charge >= 0.3 is 0 Å². The van der Waals surface area contributed by atoms with Crippen molar-refractivity contribution in [2.45, 2.75) is 44.6 Å². The second-order valence-electron chi connectivity index (χ2n) is 6.81. The Labute approximate surface area is 159 Å². The highest BCUT2D eigenvalue weighted by Gasteiger charge is 2.30. The van der Waals surface area contributed by atoms with E-state index in [0.717, 1.165) is 20.9 Å². The van der Waals surface area contributed by atoms with E-state index in [1.54, 1.807) is 12.1 Å². The molecule has 2 aromatic rings. The number of hydrogen-bond donors (Lipinski definition) is 1. The molecule has 1 amide bonds. The molecule has 1 aliphatic rings. The van der Waals surface area contributed by atoms with Crippen molar-refractivity contribution >= 4 is 27.3 Å². The zero-order valence-corrected chi connectivity index (χ0v) is 16.9. The highest BCUT2D eigenvalue weighted by molar-refractivity contribution is 7.89. The van der Waals surface area contributed by atoms with Crippen LogP contribution in [0.4, 0.5) is 0 Å². The third-order valence-electron chi connectivity index (χ3n) is 4.84. The third kappa shape index (κ3) is 4.00. The van der Waals surface area contributed by atoms with Gasteiger partial charge in [0, 0.05) is 24.0 Å². The van der Waals surface area contributed by atoms with Crippen molar-refractivity contribution in [1.29, 1.82) is 0 Å². The number of benzene rings is 1. The number of nitrogens with zero attached hydrogens (tertiary/aromatic N) is 1. The van der Waals surface area contributed by atoms with Crippen molar-refractivity contribution in [1.82, 2.24) is 9.62 Å². The first-order valence-electron chi connectivity index (χ1n) is 8.72. The quantitative estimate of drug-likeness (QED) is 0.868. The van der Waals surface area contributed by atoms with Crippen LogP contribution in [0.1, 0.15) is 38.5 Å². The number of rotatable bonds is 4. The first-order chi connectivity index (χ1) is 12.3. The third-order valence-corrected chi connectivity index (χ3v) is 7.90. The van der Waals surface area contributed by atoms with Gasteiger partial charge < -0.3 is 5.32 Å². The molecule has 7 heteroatoms. The average Bonchev–Trinajstić information content (AvgIpc) is 2.95. The Kier molecular flexibility index (Phi) is 5.50. The van der Waals surface area contributed by atoms with Gasteiger partial charge in [0.2, 0.25) is 10.0 Å². The normalized spacial score (nSPS) is 16.6. The van der Waals surface area contributed by atoms with E-state index in [1.807, 2.05) is 39.0 Å². The van der Waals surface area contributed by atoms with E-state index in [0.29, 0.717) is 30.8 Å². The van der Waals surface area contributed by atoms with Crippen LogP contribution in [-0.2, 0) is 10.0 Å². The molecule has 2 heterocycles. The number of thiophene rings is 1. The molecular formula is C19H24N2O3S2. The molecule has 0 radical (unpaired) electrons. The summed E-state index contributed by atoms with van der Waals surface area (Å²) in [6.45, 7) is 6.77. The van der Waals surface area contributed by atoms with Gasteiger partial charge in [-0.25, -0.2) is 8.42 Å². The van der Waals surface area contributed by atoms with Crippen LogP contribution in [-0.4, -0.2) is 37.8 Å². The molecule has 0 saturated carbocycles. The summed E-state index contributed by atoms with van der Waals surface area (Å²) in [4.78, 5) is 14.6.